The third-order valence-corrected chi connectivity index (χ3v) is 3.90. The summed E-state index contributed by atoms with van der Waals surface area (Å²) >= 11 is 0. The number of nitrogens with one attached hydrogen (secondary N) is 1. The van der Waals surface area contributed by atoms with Crippen molar-refractivity contribution >= 4 is 12.0 Å². The number of aliphatic carboxylic acids is 1. The Hall–Kier alpha value is -1.26. The third kappa shape index (κ3) is 4.73. The molecule has 110 valence electrons. The molecule has 2 amide bonds. The van der Waals surface area contributed by atoms with Crippen molar-refractivity contribution in [2.75, 3.05) is 7.05 Å². The molecule has 0 saturated heterocycles. The summed E-state index contributed by atoms with van der Waals surface area (Å²) in [5.41, 5.74) is 0. The van der Waals surface area contributed by atoms with Gasteiger partial charge in [-0.1, -0.05) is 13.8 Å². The Labute approximate surface area is 115 Å². The van der Waals surface area contributed by atoms with Crippen LogP contribution in [0.3, 0.4) is 0 Å². The van der Waals surface area contributed by atoms with E-state index in [2.05, 4.69) is 19.2 Å². The fourth-order valence-corrected chi connectivity index (χ4v) is 2.65. The van der Waals surface area contributed by atoms with Crippen LogP contribution < -0.4 is 5.32 Å². The SMILES string of the molecule is CC(C)CC(C)N(C)C(=O)NC1CCC(C(=O)O)C1. The van der Waals surface area contributed by atoms with E-state index in [1.54, 1.807) is 11.9 Å². The molecule has 1 aliphatic carbocycles. The molecular weight excluding hydrogens is 244 g/mol. The first-order valence-corrected chi connectivity index (χ1v) is 7.07. The van der Waals surface area contributed by atoms with E-state index in [1.165, 1.54) is 0 Å². The van der Waals surface area contributed by atoms with Gasteiger partial charge in [0, 0.05) is 19.1 Å². The van der Waals surface area contributed by atoms with Crippen molar-refractivity contribution in [3.63, 3.8) is 0 Å². The molecule has 19 heavy (non-hydrogen) atoms. The van der Waals surface area contributed by atoms with Gasteiger partial charge in [0.05, 0.1) is 5.92 Å². The van der Waals surface area contributed by atoms with Gasteiger partial charge in [-0.05, 0) is 38.5 Å². The summed E-state index contributed by atoms with van der Waals surface area (Å²) in [6.07, 6.45) is 2.93. The Morgan fingerprint density at radius 1 is 1.32 bits per heavy atom. The Bertz CT molecular complexity index is 331. The summed E-state index contributed by atoms with van der Waals surface area (Å²) in [5.74, 6) is -0.505. The Balaban J connectivity index is 2.41. The molecule has 1 saturated carbocycles. The lowest BCUT2D eigenvalue weighted by atomic mass is 10.0. The number of hydrogen-bond acceptors (Lipinski definition) is 2. The van der Waals surface area contributed by atoms with Crippen LogP contribution in [0.4, 0.5) is 4.79 Å². The van der Waals surface area contributed by atoms with Crippen LogP contribution in [0.25, 0.3) is 0 Å². The van der Waals surface area contributed by atoms with Gasteiger partial charge in [0.1, 0.15) is 0 Å². The fraction of sp³-hybridized carbons (Fsp3) is 0.857. The van der Waals surface area contributed by atoms with Crippen molar-refractivity contribution in [2.24, 2.45) is 11.8 Å². The van der Waals surface area contributed by atoms with E-state index in [0.717, 1.165) is 12.8 Å². The molecule has 0 heterocycles. The number of hydrogen-bond donors (Lipinski definition) is 2. The van der Waals surface area contributed by atoms with Gasteiger partial charge < -0.3 is 15.3 Å². The molecule has 1 aliphatic rings. The summed E-state index contributed by atoms with van der Waals surface area (Å²) < 4.78 is 0. The first kappa shape index (κ1) is 15.8. The van der Waals surface area contributed by atoms with E-state index < -0.39 is 5.97 Å². The molecule has 0 aliphatic heterocycles. The monoisotopic (exact) mass is 270 g/mol. The summed E-state index contributed by atoms with van der Waals surface area (Å²) in [6.45, 7) is 6.31. The van der Waals surface area contributed by atoms with Crippen LogP contribution in [0.15, 0.2) is 0 Å². The minimum atomic E-state index is -0.752. The number of amides is 2. The lowest BCUT2D eigenvalue weighted by Gasteiger charge is -2.28. The first-order chi connectivity index (χ1) is 8.81. The quantitative estimate of drug-likeness (QED) is 0.805. The van der Waals surface area contributed by atoms with Crippen LogP contribution in [0.2, 0.25) is 0 Å². The van der Waals surface area contributed by atoms with Crippen LogP contribution in [-0.4, -0.2) is 41.1 Å². The van der Waals surface area contributed by atoms with Gasteiger partial charge >= 0.3 is 12.0 Å². The first-order valence-electron chi connectivity index (χ1n) is 7.07. The molecule has 0 aromatic rings. The molecule has 5 heteroatoms. The Morgan fingerprint density at radius 2 is 1.95 bits per heavy atom. The summed E-state index contributed by atoms with van der Waals surface area (Å²) in [5, 5.41) is 11.9. The van der Waals surface area contributed by atoms with Crippen molar-refractivity contribution < 1.29 is 14.7 Å². The number of nitrogens with zero attached hydrogens (tertiary/aromatic N) is 1. The second-order valence-electron chi connectivity index (χ2n) is 6.08. The zero-order valence-electron chi connectivity index (χ0n) is 12.3. The number of urea groups is 1. The van der Waals surface area contributed by atoms with E-state index in [0.29, 0.717) is 18.8 Å². The number of carboxylic acid groups (broad SMARTS) is 1. The highest BCUT2D eigenvalue weighted by Gasteiger charge is 2.31. The van der Waals surface area contributed by atoms with Crippen LogP contribution in [-0.2, 0) is 4.79 Å². The minimum absolute atomic E-state index is 0.00213. The van der Waals surface area contributed by atoms with Crippen molar-refractivity contribution in [2.45, 2.75) is 58.5 Å². The average molecular weight is 270 g/mol. The number of carboxylic acids is 1. The van der Waals surface area contributed by atoms with Gasteiger partial charge in [-0.25, -0.2) is 4.79 Å². The predicted molar refractivity (Wildman–Crippen MR) is 74.0 cm³/mol. The molecule has 1 rings (SSSR count). The van der Waals surface area contributed by atoms with Crippen LogP contribution in [0, 0.1) is 11.8 Å². The van der Waals surface area contributed by atoms with Gasteiger partial charge in [-0.2, -0.15) is 0 Å². The number of carbonyl (C=O) groups excluding carboxylic acids is 1. The molecule has 2 N–H and O–H groups in total. The van der Waals surface area contributed by atoms with Gasteiger partial charge in [-0.3, -0.25) is 4.79 Å². The molecule has 0 radical (unpaired) electrons. The highest BCUT2D eigenvalue weighted by atomic mass is 16.4. The van der Waals surface area contributed by atoms with E-state index in [4.69, 9.17) is 5.11 Å². The lowest BCUT2D eigenvalue weighted by Crippen LogP contribution is -2.46. The molecule has 1 fully saturated rings. The molecule has 0 aromatic carbocycles. The van der Waals surface area contributed by atoms with Gasteiger partial charge in [-0.15, -0.1) is 0 Å². The van der Waals surface area contributed by atoms with Crippen LogP contribution in [0.1, 0.15) is 46.5 Å². The second kappa shape index (κ2) is 6.78. The standard InChI is InChI=1S/C14H26N2O3/c1-9(2)7-10(3)16(4)14(19)15-12-6-5-11(8-12)13(17)18/h9-12H,5-8H2,1-4H3,(H,15,19)(H,17,18). The van der Waals surface area contributed by atoms with E-state index in [9.17, 15) is 9.59 Å². The van der Waals surface area contributed by atoms with Crippen LogP contribution >= 0.6 is 0 Å². The second-order valence-corrected chi connectivity index (χ2v) is 6.08. The summed E-state index contributed by atoms with van der Waals surface area (Å²) in [6, 6.07) is 0.100. The van der Waals surface area contributed by atoms with Gasteiger partial charge in [0.25, 0.3) is 0 Å². The zero-order chi connectivity index (χ0) is 14.6. The maximum absolute atomic E-state index is 12.1. The Kier molecular flexibility index (Phi) is 5.63. The normalized spacial score (nSPS) is 24.3. The van der Waals surface area contributed by atoms with E-state index >= 15 is 0 Å². The number of rotatable bonds is 5. The smallest absolute Gasteiger partial charge is 0.317 e. The third-order valence-electron chi connectivity index (χ3n) is 3.90. The highest BCUT2D eigenvalue weighted by molar-refractivity contribution is 5.75. The molecule has 0 aromatic heterocycles. The highest BCUT2D eigenvalue weighted by Crippen LogP contribution is 2.25. The summed E-state index contributed by atoms with van der Waals surface area (Å²) in [7, 11) is 1.80. The molecule has 3 atom stereocenters. The van der Waals surface area contributed by atoms with Gasteiger partial charge in [0.2, 0.25) is 0 Å². The fourth-order valence-electron chi connectivity index (χ4n) is 2.65. The molecule has 0 bridgehead atoms. The predicted octanol–water partition coefficient (Wildman–Crippen LogP) is 2.32. The largest absolute Gasteiger partial charge is 0.481 e. The maximum atomic E-state index is 12.1. The van der Waals surface area contributed by atoms with Crippen molar-refractivity contribution in [3.8, 4) is 0 Å². The average Bonchev–Trinajstić information content (AvgIpc) is 2.75. The van der Waals surface area contributed by atoms with Crippen LogP contribution in [0.5, 0.6) is 0 Å². The molecule has 5 nitrogen and oxygen atoms in total. The lowest BCUT2D eigenvalue weighted by molar-refractivity contribution is -0.141. The molecule has 3 unspecified atom stereocenters. The topological polar surface area (TPSA) is 69.6 Å². The van der Waals surface area contributed by atoms with Crippen molar-refractivity contribution in [1.82, 2.24) is 10.2 Å². The van der Waals surface area contributed by atoms with E-state index in [-0.39, 0.29) is 24.0 Å². The minimum Gasteiger partial charge on any atom is -0.481 e. The maximum Gasteiger partial charge on any atom is 0.317 e. The van der Waals surface area contributed by atoms with Crippen molar-refractivity contribution in [3.05, 3.63) is 0 Å². The number of carbonyl (C=O) groups is 2. The van der Waals surface area contributed by atoms with Crippen molar-refractivity contribution in [1.29, 1.82) is 0 Å². The molecule has 0 spiro atoms. The van der Waals surface area contributed by atoms with E-state index in [1.807, 2.05) is 6.92 Å². The van der Waals surface area contributed by atoms with Gasteiger partial charge in [0.15, 0.2) is 0 Å². The summed E-state index contributed by atoms with van der Waals surface area (Å²) in [4.78, 5) is 24.7. The molecular formula is C14H26N2O3. The zero-order valence-corrected chi connectivity index (χ0v) is 12.3. The Morgan fingerprint density at radius 3 is 2.42 bits per heavy atom.